The van der Waals surface area contributed by atoms with Gasteiger partial charge in [-0.05, 0) is 74.1 Å². The molecule has 0 aliphatic heterocycles. The fourth-order valence-corrected chi connectivity index (χ4v) is 4.11. The lowest BCUT2D eigenvalue weighted by molar-refractivity contribution is 0.0697. The number of hydrogen-bond donors (Lipinski definition) is 1. The molecule has 2 aromatic carbocycles. The van der Waals surface area contributed by atoms with Crippen LogP contribution in [0.15, 0.2) is 67.0 Å². The molecule has 0 spiro atoms. The molecule has 166 valence electrons. The Kier molecular flexibility index (Phi) is 6.90. The quantitative estimate of drug-likeness (QED) is 0.482. The molecule has 1 aromatic heterocycles. The molecule has 1 fully saturated rings. The first kappa shape index (κ1) is 21.7. The molecule has 1 aliphatic rings. The summed E-state index contributed by atoms with van der Waals surface area (Å²) in [5.41, 5.74) is 3.10. The minimum absolute atomic E-state index is 0.207. The number of methoxy groups -OCH3 is 1. The first-order valence-corrected chi connectivity index (χ1v) is 11.0. The number of nitrogens with zero attached hydrogens (tertiary/aromatic N) is 2. The van der Waals surface area contributed by atoms with Gasteiger partial charge in [0.1, 0.15) is 0 Å². The summed E-state index contributed by atoms with van der Waals surface area (Å²) in [5.74, 6) is 0.476. The first-order valence-electron chi connectivity index (χ1n) is 11.0. The molecule has 6 nitrogen and oxygen atoms in total. The Morgan fingerprint density at radius 3 is 2.59 bits per heavy atom. The number of aromatic carboxylic acids is 1. The third-order valence-electron chi connectivity index (χ3n) is 5.81. The number of carboxylic acids is 1. The minimum Gasteiger partial charge on any atom is -0.493 e. The third kappa shape index (κ3) is 5.19. The number of rotatable bonds is 9. The van der Waals surface area contributed by atoms with Crippen LogP contribution in [0, 0.1) is 0 Å². The average Bonchev–Trinajstić information content (AvgIpc) is 3.33. The van der Waals surface area contributed by atoms with Crippen molar-refractivity contribution >= 4 is 17.3 Å². The highest BCUT2D eigenvalue weighted by atomic mass is 16.5. The molecule has 1 heterocycles. The van der Waals surface area contributed by atoms with Crippen LogP contribution < -0.4 is 14.4 Å². The van der Waals surface area contributed by atoms with Crippen molar-refractivity contribution in [3.8, 4) is 11.5 Å². The highest BCUT2D eigenvalue weighted by Gasteiger charge is 2.20. The number of carboxylic acid groups (broad SMARTS) is 1. The monoisotopic (exact) mass is 432 g/mol. The molecule has 0 bridgehead atoms. The lowest BCUT2D eigenvalue weighted by Crippen LogP contribution is -2.21. The number of ether oxygens (including phenoxy) is 2. The van der Waals surface area contributed by atoms with Crippen LogP contribution in [-0.4, -0.2) is 35.8 Å². The first-order chi connectivity index (χ1) is 15.6. The standard InChI is InChI=1S/C26H28N2O4/c1-31-24-12-11-22(17-25(24)32-23-9-2-3-10-23)28(15-13-19-6-5-14-27-18-19)21-8-4-7-20(16-21)26(29)30/h4-8,11-12,14,16-18,23H,2-3,9-10,13,15H2,1H3,(H,29,30). The number of aromatic nitrogens is 1. The lowest BCUT2D eigenvalue weighted by Gasteiger charge is -2.27. The van der Waals surface area contributed by atoms with Crippen LogP contribution in [0.1, 0.15) is 41.6 Å². The molecular weight excluding hydrogens is 404 g/mol. The summed E-state index contributed by atoms with van der Waals surface area (Å²) in [4.78, 5) is 17.9. The second-order valence-corrected chi connectivity index (χ2v) is 7.98. The molecule has 0 amide bonds. The Hall–Kier alpha value is -3.54. The van der Waals surface area contributed by atoms with Crippen LogP contribution >= 0.6 is 0 Å². The fourth-order valence-electron chi connectivity index (χ4n) is 4.11. The Bertz CT molecular complexity index is 1050. The van der Waals surface area contributed by atoms with Crippen molar-refractivity contribution in [3.05, 3.63) is 78.1 Å². The van der Waals surface area contributed by atoms with Crippen LogP contribution in [-0.2, 0) is 6.42 Å². The Balaban J connectivity index is 1.68. The second kappa shape index (κ2) is 10.2. The van der Waals surface area contributed by atoms with Crippen molar-refractivity contribution in [3.63, 3.8) is 0 Å². The second-order valence-electron chi connectivity index (χ2n) is 7.98. The molecule has 0 unspecified atom stereocenters. The normalized spacial score (nSPS) is 13.7. The Labute approximate surface area is 188 Å². The van der Waals surface area contributed by atoms with Crippen LogP contribution in [0.3, 0.4) is 0 Å². The van der Waals surface area contributed by atoms with E-state index in [4.69, 9.17) is 9.47 Å². The summed E-state index contributed by atoms with van der Waals surface area (Å²) < 4.78 is 11.8. The molecule has 6 heteroatoms. The van der Waals surface area contributed by atoms with Gasteiger partial charge in [0.2, 0.25) is 0 Å². The highest BCUT2D eigenvalue weighted by Crippen LogP contribution is 2.37. The van der Waals surface area contributed by atoms with Crippen LogP contribution in [0.4, 0.5) is 11.4 Å². The summed E-state index contributed by atoms with van der Waals surface area (Å²) >= 11 is 0. The number of hydrogen-bond acceptors (Lipinski definition) is 5. The van der Waals surface area contributed by atoms with Gasteiger partial charge in [-0.2, -0.15) is 0 Å². The van der Waals surface area contributed by atoms with E-state index in [0.717, 1.165) is 42.0 Å². The summed E-state index contributed by atoms with van der Waals surface area (Å²) in [5, 5.41) is 9.48. The van der Waals surface area contributed by atoms with Crippen molar-refractivity contribution in [2.75, 3.05) is 18.6 Å². The zero-order chi connectivity index (χ0) is 22.3. The summed E-state index contributed by atoms with van der Waals surface area (Å²) in [7, 11) is 1.65. The van der Waals surface area contributed by atoms with E-state index in [2.05, 4.69) is 9.88 Å². The van der Waals surface area contributed by atoms with E-state index in [9.17, 15) is 9.90 Å². The molecule has 0 radical (unpaired) electrons. The summed E-state index contributed by atoms with van der Waals surface area (Å²) in [6.07, 6.45) is 9.06. The lowest BCUT2D eigenvalue weighted by atomic mass is 10.1. The molecule has 32 heavy (non-hydrogen) atoms. The predicted molar refractivity (Wildman–Crippen MR) is 124 cm³/mol. The van der Waals surface area contributed by atoms with Gasteiger partial charge in [0.25, 0.3) is 0 Å². The zero-order valence-corrected chi connectivity index (χ0v) is 18.2. The van der Waals surface area contributed by atoms with Gasteiger partial charge in [-0.25, -0.2) is 4.79 Å². The van der Waals surface area contributed by atoms with E-state index in [1.165, 1.54) is 12.8 Å². The minimum atomic E-state index is -0.945. The summed E-state index contributed by atoms with van der Waals surface area (Å²) in [6.45, 7) is 0.657. The van der Waals surface area contributed by atoms with Gasteiger partial charge in [0, 0.05) is 36.4 Å². The molecule has 4 rings (SSSR count). The maximum atomic E-state index is 11.6. The average molecular weight is 433 g/mol. The number of pyridine rings is 1. The van der Waals surface area contributed by atoms with E-state index >= 15 is 0 Å². The van der Waals surface area contributed by atoms with E-state index in [-0.39, 0.29) is 11.7 Å². The van der Waals surface area contributed by atoms with Crippen molar-refractivity contribution in [2.45, 2.75) is 38.2 Å². The van der Waals surface area contributed by atoms with Gasteiger partial charge in [-0.15, -0.1) is 0 Å². The number of anilines is 2. The molecule has 1 N–H and O–H groups in total. The molecular formula is C26H28N2O4. The van der Waals surface area contributed by atoms with Gasteiger partial charge in [-0.1, -0.05) is 12.1 Å². The molecule has 1 saturated carbocycles. The van der Waals surface area contributed by atoms with Crippen molar-refractivity contribution < 1.29 is 19.4 Å². The predicted octanol–water partition coefficient (Wildman–Crippen LogP) is 5.49. The summed E-state index contributed by atoms with van der Waals surface area (Å²) in [6, 6.07) is 16.9. The van der Waals surface area contributed by atoms with Crippen molar-refractivity contribution in [1.82, 2.24) is 4.98 Å². The highest BCUT2D eigenvalue weighted by molar-refractivity contribution is 5.89. The van der Waals surface area contributed by atoms with Crippen LogP contribution in [0.2, 0.25) is 0 Å². The van der Waals surface area contributed by atoms with E-state index < -0.39 is 5.97 Å². The van der Waals surface area contributed by atoms with E-state index in [1.807, 2.05) is 42.6 Å². The van der Waals surface area contributed by atoms with Crippen molar-refractivity contribution in [2.24, 2.45) is 0 Å². The maximum Gasteiger partial charge on any atom is 0.335 e. The number of carbonyl (C=O) groups is 1. The van der Waals surface area contributed by atoms with Gasteiger partial charge in [-0.3, -0.25) is 4.98 Å². The molecule has 3 aromatic rings. The largest absolute Gasteiger partial charge is 0.493 e. The molecule has 1 aliphatic carbocycles. The SMILES string of the molecule is COc1ccc(N(CCc2cccnc2)c2cccc(C(=O)O)c2)cc1OC1CCCC1. The maximum absolute atomic E-state index is 11.6. The number of benzene rings is 2. The van der Waals surface area contributed by atoms with Crippen LogP contribution in [0.5, 0.6) is 11.5 Å². The van der Waals surface area contributed by atoms with Gasteiger partial charge >= 0.3 is 5.97 Å². The smallest absolute Gasteiger partial charge is 0.335 e. The fraction of sp³-hybridized carbons (Fsp3) is 0.308. The topological polar surface area (TPSA) is 71.9 Å². The van der Waals surface area contributed by atoms with Gasteiger partial charge in [0.15, 0.2) is 11.5 Å². The van der Waals surface area contributed by atoms with Gasteiger partial charge in [0.05, 0.1) is 18.8 Å². The molecule has 0 atom stereocenters. The molecule has 0 saturated heterocycles. The third-order valence-corrected chi connectivity index (χ3v) is 5.81. The van der Waals surface area contributed by atoms with E-state index in [0.29, 0.717) is 12.3 Å². The Morgan fingerprint density at radius 2 is 1.88 bits per heavy atom. The Morgan fingerprint density at radius 1 is 1.06 bits per heavy atom. The van der Waals surface area contributed by atoms with Gasteiger partial charge < -0.3 is 19.5 Å². The zero-order valence-electron chi connectivity index (χ0n) is 18.2. The van der Waals surface area contributed by atoms with E-state index in [1.54, 1.807) is 31.5 Å². The van der Waals surface area contributed by atoms with Crippen molar-refractivity contribution in [1.29, 1.82) is 0 Å². The van der Waals surface area contributed by atoms with Crippen LogP contribution in [0.25, 0.3) is 0 Å².